The van der Waals surface area contributed by atoms with E-state index in [1.54, 1.807) is 37.4 Å². The van der Waals surface area contributed by atoms with E-state index in [-0.39, 0.29) is 17.9 Å². The van der Waals surface area contributed by atoms with Crippen molar-refractivity contribution in [2.75, 3.05) is 18.6 Å². The third-order valence-corrected chi connectivity index (χ3v) is 6.68. The van der Waals surface area contributed by atoms with Crippen LogP contribution in [0.15, 0.2) is 18.2 Å². The highest BCUT2D eigenvalue weighted by atomic mass is 32.2. The van der Waals surface area contributed by atoms with E-state index in [0.717, 1.165) is 42.4 Å². The van der Waals surface area contributed by atoms with Gasteiger partial charge in [-0.1, -0.05) is 50.5 Å². The summed E-state index contributed by atoms with van der Waals surface area (Å²) in [7, 11) is 0. The molecule has 210 valence electrons. The lowest BCUT2D eigenvalue weighted by Crippen LogP contribution is -2.54. The van der Waals surface area contributed by atoms with E-state index in [0.29, 0.717) is 18.7 Å². The first-order valence-electron chi connectivity index (χ1n) is 13.5. The Morgan fingerprint density at radius 3 is 2.30 bits per heavy atom. The number of alkyl carbamates (subject to hydrolysis) is 1. The molecule has 0 aromatic heterocycles. The number of nitrogens with one attached hydrogen (secondary N) is 2. The minimum absolute atomic E-state index is 0.0135. The highest BCUT2D eigenvalue weighted by Crippen LogP contribution is 2.28. The minimum Gasteiger partial charge on any atom is -0.444 e. The number of benzene rings is 1. The molecule has 0 spiro atoms. The highest BCUT2D eigenvalue weighted by Gasteiger charge is 2.37. The molecule has 3 amide bonds. The fourth-order valence-electron chi connectivity index (χ4n) is 4.17. The van der Waals surface area contributed by atoms with E-state index in [1.807, 2.05) is 45.2 Å². The number of aryl methyl sites for hydroxylation is 2. The molecule has 3 unspecified atom stereocenters. The van der Waals surface area contributed by atoms with E-state index in [1.165, 1.54) is 0 Å². The molecule has 0 saturated carbocycles. The first-order valence-corrected chi connectivity index (χ1v) is 14.9. The number of thioether (sulfide) groups is 1. The molecular weight excluding hydrogens is 486 g/mol. The number of carbonyl (C=O) groups is 3. The summed E-state index contributed by atoms with van der Waals surface area (Å²) in [5.74, 6) is 0.222. The van der Waals surface area contributed by atoms with Gasteiger partial charge in [-0.15, -0.1) is 0 Å². The van der Waals surface area contributed by atoms with Crippen molar-refractivity contribution >= 4 is 29.7 Å². The van der Waals surface area contributed by atoms with Crippen molar-refractivity contribution in [3.63, 3.8) is 0 Å². The van der Waals surface area contributed by atoms with Crippen LogP contribution in [0.4, 0.5) is 4.79 Å². The summed E-state index contributed by atoms with van der Waals surface area (Å²) in [6.45, 7) is 15.9. The highest BCUT2D eigenvalue weighted by molar-refractivity contribution is 7.98. The largest absolute Gasteiger partial charge is 0.444 e. The van der Waals surface area contributed by atoms with Crippen molar-refractivity contribution < 1.29 is 19.1 Å². The second-order valence-corrected chi connectivity index (χ2v) is 11.8. The summed E-state index contributed by atoms with van der Waals surface area (Å²) in [6.07, 6.45) is 5.18. The van der Waals surface area contributed by atoms with E-state index in [2.05, 4.69) is 24.5 Å². The van der Waals surface area contributed by atoms with Crippen LogP contribution >= 0.6 is 11.8 Å². The predicted octanol–water partition coefficient (Wildman–Crippen LogP) is 5.92. The van der Waals surface area contributed by atoms with Gasteiger partial charge in [0.2, 0.25) is 11.8 Å². The molecular formula is C29H49N3O4S. The molecule has 8 heteroatoms. The quantitative estimate of drug-likeness (QED) is 0.309. The average Bonchev–Trinajstić information content (AvgIpc) is 2.79. The molecule has 0 saturated heterocycles. The molecule has 0 heterocycles. The van der Waals surface area contributed by atoms with Gasteiger partial charge in [-0.3, -0.25) is 9.59 Å². The van der Waals surface area contributed by atoms with Gasteiger partial charge in [-0.05, 0) is 83.9 Å². The third kappa shape index (κ3) is 11.4. The number of hydrogen-bond acceptors (Lipinski definition) is 5. The van der Waals surface area contributed by atoms with E-state index >= 15 is 0 Å². The zero-order valence-electron chi connectivity index (χ0n) is 24.4. The van der Waals surface area contributed by atoms with Crippen LogP contribution in [0.25, 0.3) is 0 Å². The molecule has 37 heavy (non-hydrogen) atoms. The molecule has 3 atom stereocenters. The second kappa shape index (κ2) is 15.9. The molecule has 0 aliphatic rings. The van der Waals surface area contributed by atoms with Gasteiger partial charge in [0.15, 0.2) is 0 Å². The molecule has 7 nitrogen and oxygen atoms in total. The van der Waals surface area contributed by atoms with Crippen molar-refractivity contribution in [1.82, 2.24) is 15.5 Å². The number of hydrogen-bond donors (Lipinski definition) is 2. The summed E-state index contributed by atoms with van der Waals surface area (Å²) in [5.41, 5.74) is 2.10. The molecule has 0 radical (unpaired) electrons. The Balaban J connectivity index is 3.53. The lowest BCUT2D eigenvalue weighted by Gasteiger charge is -2.36. The maximum absolute atomic E-state index is 14.1. The van der Waals surface area contributed by atoms with Crippen molar-refractivity contribution in [3.05, 3.63) is 34.9 Å². The zero-order chi connectivity index (χ0) is 28.2. The molecule has 0 aliphatic heterocycles. The van der Waals surface area contributed by atoms with Gasteiger partial charge >= 0.3 is 6.09 Å². The third-order valence-electron chi connectivity index (χ3n) is 6.04. The monoisotopic (exact) mass is 535 g/mol. The first kappa shape index (κ1) is 32.8. The molecule has 1 rings (SSSR count). The Hall–Kier alpha value is -2.22. The van der Waals surface area contributed by atoms with Gasteiger partial charge in [0, 0.05) is 12.6 Å². The van der Waals surface area contributed by atoms with Crippen molar-refractivity contribution in [2.24, 2.45) is 0 Å². The molecule has 1 aromatic carbocycles. The van der Waals surface area contributed by atoms with E-state index < -0.39 is 23.8 Å². The molecule has 0 bridgehead atoms. The van der Waals surface area contributed by atoms with Gasteiger partial charge < -0.3 is 20.3 Å². The summed E-state index contributed by atoms with van der Waals surface area (Å²) < 4.78 is 5.46. The van der Waals surface area contributed by atoms with Crippen LogP contribution in [0.2, 0.25) is 0 Å². The predicted molar refractivity (Wildman–Crippen MR) is 154 cm³/mol. The van der Waals surface area contributed by atoms with Gasteiger partial charge in [0.05, 0.1) is 0 Å². The maximum Gasteiger partial charge on any atom is 0.408 e. The first-order chi connectivity index (χ1) is 17.3. The summed E-state index contributed by atoms with van der Waals surface area (Å²) >= 11 is 1.60. The smallest absolute Gasteiger partial charge is 0.408 e. The Morgan fingerprint density at radius 1 is 1.05 bits per heavy atom. The molecule has 0 aliphatic carbocycles. The maximum atomic E-state index is 14.1. The normalized spacial score (nSPS) is 13.9. The summed E-state index contributed by atoms with van der Waals surface area (Å²) in [4.78, 5) is 42.3. The summed E-state index contributed by atoms with van der Waals surface area (Å²) in [6, 6.07) is 4.39. The second-order valence-electron chi connectivity index (χ2n) is 10.8. The van der Waals surface area contributed by atoms with Crippen molar-refractivity contribution in [3.8, 4) is 0 Å². The Kier molecular flexibility index (Phi) is 14.1. The fraction of sp³-hybridized carbons (Fsp3) is 0.690. The van der Waals surface area contributed by atoms with Gasteiger partial charge in [0.1, 0.15) is 17.7 Å². The number of amides is 3. The van der Waals surface area contributed by atoms with E-state index in [4.69, 9.17) is 4.74 Å². The van der Waals surface area contributed by atoms with Crippen LogP contribution in [0.1, 0.15) is 96.4 Å². The van der Waals surface area contributed by atoms with Crippen molar-refractivity contribution in [2.45, 2.75) is 111 Å². The van der Waals surface area contributed by atoms with Crippen LogP contribution in [-0.2, 0) is 14.3 Å². The van der Waals surface area contributed by atoms with Crippen LogP contribution in [0, 0.1) is 13.8 Å². The Morgan fingerprint density at radius 2 is 1.73 bits per heavy atom. The number of carbonyl (C=O) groups excluding carboxylic acids is 3. The molecule has 0 fully saturated rings. The Bertz CT molecular complexity index is 884. The Labute approximate surface area is 228 Å². The van der Waals surface area contributed by atoms with Crippen LogP contribution < -0.4 is 10.6 Å². The topological polar surface area (TPSA) is 87.7 Å². The summed E-state index contributed by atoms with van der Waals surface area (Å²) in [5, 5.41) is 5.94. The van der Waals surface area contributed by atoms with Gasteiger partial charge in [0.25, 0.3) is 0 Å². The van der Waals surface area contributed by atoms with Crippen molar-refractivity contribution in [1.29, 1.82) is 0 Å². The fourth-order valence-corrected chi connectivity index (χ4v) is 4.64. The minimum atomic E-state index is -0.798. The standard InChI is InChI=1S/C29H49N3O4S/c1-10-12-17-32(27(34)24(16-18-37-9)31-28(35)36-29(6,7)8)25(26(33)30-22(5)13-11-2)23-19-20(3)14-15-21(23)4/h14-15,19,22,24-25H,10-13,16-18H2,1-9H3,(H,30,33)(H,31,35). The number of ether oxygens (including phenoxy) is 1. The SMILES string of the molecule is CCCCN(C(=O)C(CCSC)NC(=O)OC(C)(C)C)C(C(=O)NC(C)CCC)c1cc(C)ccc1C. The van der Waals surface area contributed by atoms with Gasteiger partial charge in [-0.2, -0.15) is 11.8 Å². The number of nitrogens with zero attached hydrogens (tertiary/aromatic N) is 1. The number of rotatable bonds is 14. The van der Waals surface area contributed by atoms with Crippen LogP contribution in [0.3, 0.4) is 0 Å². The number of unbranched alkanes of at least 4 members (excludes halogenated alkanes) is 1. The average molecular weight is 536 g/mol. The van der Waals surface area contributed by atoms with E-state index in [9.17, 15) is 14.4 Å². The van der Waals surface area contributed by atoms with Crippen LogP contribution in [0.5, 0.6) is 0 Å². The molecule has 2 N–H and O–H groups in total. The van der Waals surface area contributed by atoms with Crippen LogP contribution in [-0.4, -0.2) is 59.0 Å². The molecule has 1 aromatic rings. The lowest BCUT2D eigenvalue weighted by atomic mass is 9.95. The van der Waals surface area contributed by atoms with Gasteiger partial charge in [-0.25, -0.2) is 4.79 Å². The lowest BCUT2D eigenvalue weighted by molar-refractivity contribution is -0.143. The zero-order valence-corrected chi connectivity index (χ0v) is 25.2.